The van der Waals surface area contributed by atoms with E-state index in [1.807, 2.05) is 0 Å². The normalized spacial score (nSPS) is 29.9. The smallest absolute Gasteiger partial charge is 0.303 e. The molecule has 0 bridgehead atoms. The Kier molecular flexibility index (Phi) is 4.05. The Morgan fingerprint density at radius 1 is 1.40 bits per heavy atom. The van der Waals surface area contributed by atoms with E-state index < -0.39 is 30.4 Å². The van der Waals surface area contributed by atoms with Crippen molar-refractivity contribution < 1.29 is 28.9 Å². The number of aliphatic hydroxyl groups is 1. The summed E-state index contributed by atoms with van der Waals surface area (Å²) in [6.07, 6.45) is -1.93. The van der Waals surface area contributed by atoms with Gasteiger partial charge in [0.2, 0.25) is 0 Å². The van der Waals surface area contributed by atoms with Crippen LogP contribution < -0.4 is 0 Å². The van der Waals surface area contributed by atoms with E-state index in [4.69, 9.17) is 14.2 Å². The Labute approximate surface area is 87.1 Å². The van der Waals surface area contributed by atoms with Crippen molar-refractivity contribution in [1.29, 1.82) is 0 Å². The van der Waals surface area contributed by atoms with Crippen molar-refractivity contribution in [1.82, 2.24) is 0 Å². The number of carbonyl (C=O) groups excluding carboxylic acids is 2. The third kappa shape index (κ3) is 3.85. The van der Waals surface area contributed by atoms with Crippen molar-refractivity contribution in [2.45, 2.75) is 38.8 Å². The third-order valence-corrected chi connectivity index (χ3v) is 1.95. The first kappa shape index (κ1) is 11.9. The van der Waals surface area contributed by atoms with E-state index in [1.165, 1.54) is 13.8 Å². The van der Waals surface area contributed by atoms with Crippen LogP contribution in [0, 0.1) is 0 Å². The van der Waals surface area contributed by atoms with Crippen LogP contribution in [0.4, 0.5) is 0 Å². The van der Waals surface area contributed by atoms with Crippen LogP contribution in [-0.2, 0) is 23.8 Å². The molecular weight excluding hydrogens is 204 g/mol. The highest BCUT2D eigenvalue weighted by Gasteiger charge is 2.37. The molecule has 0 aromatic carbocycles. The Morgan fingerprint density at radius 2 is 2.07 bits per heavy atom. The van der Waals surface area contributed by atoms with Gasteiger partial charge < -0.3 is 19.3 Å². The maximum absolute atomic E-state index is 10.7. The molecule has 15 heavy (non-hydrogen) atoms. The fourth-order valence-electron chi connectivity index (χ4n) is 1.38. The predicted molar refractivity (Wildman–Crippen MR) is 47.7 cm³/mol. The molecule has 1 rings (SSSR count). The molecule has 1 heterocycles. The summed E-state index contributed by atoms with van der Waals surface area (Å²) >= 11 is 0. The fraction of sp³-hybridized carbons (Fsp3) is 0.778. The molecule has 1 aliphatic heterocycles. The van der Waals surface area contributed by atoms with Crippen molar-refractivity contribution in [2.24, 2.45) is 0 Å². The molecule has 0 unspecified atom stereocenters. The van der Waals surface area contributed by atoms with Crippen molar-refractivity contribution in [2.75, 3.05) is 6.61 Å². The van der Waals surface area contributed by atoms with Crippen LogP contribution in [0.2, 0.25) is 0 Å². The van der Waals surface area contributed by atoms with Crippen molar-refractivity contribution in [3.63, 3.8) is 0 Å². The van der Waals surface area contributed by atoms with E-state index >= 15 is 0 Å². The molecule has 6 heteroatoms. The number of hydrogen-bond donors (Lipinski definition) is 1. The van der Waals surface area contributed by atoms with Crippen molar-refractivity contribution in [3.05, 3.63) is 0 Å². The average molecular weight is 218 g/mol. The lowest BCUT2D eigenvalue weighted by atomic mass is 10.2. The molecule has 0 aromatic rings. The van der Waals surface area contributed by atoms with Gasteiger partial charge in [-0.3, -0.25) is 9.59 Å². The monoisotopic (exact) mass is 218 g/mol. The first-order valence-electron chi connectivity index (χ1n) is 4.63. The molecule has 1 N–H and O–H groups in total. The summed E-state index contributed by atoms with van der Waals surface area (Å²) in [4.78, 5) is 21.3. The number of aliphatic hydroxyl groups excluding tert-OH is 1. The Morgan fingerprint density at radius 3 is 2.60 bits per heavy atom. The van der Waals surface area contributed by atoms with Crippen LogP contribution in [0.1, 0.15) is 20.3 Å². The minimum Gasteiger partial charge on any atom is -0.463 e. The molecule has 0 saturated carbocycles. The Hall–Kier alpha value is -1.14. The van der Waals surface area contributed by atoms with Crippen LogP contribution in [0.5, 0.6) is 0 Å². The summed E-state index contributed by atoms with van der Waals surface area (Å²) in [6.45, 7) is 2.52. The molecule has 0 radical (unpaired) electrons. The molecule has 86 valence electrons. The van der Waals surface area contributed by atoms with Gasteiger partial charge in [-0.05, 0) is 0 Å². The van der Waals surface area contributed by atoms with Gasteiger partial charge in [0.15, 0.2) is 6.29 Å². The Balaban J connectivity index is 2.45. The van der Waals surface area contributed by atoms with Crippen LogP contribution in [0.3, 0.4) is 0 Å². The topological polar surface area (TPSA) is 82.1 Å². The highest BCUT2D eigenvalue weighted by atomic mass is 16.7. The lowest BCUT2D eigenvalue weighted by Crippen LogP contribution is -2.31. The van der Waals surface area contributed by atoms with Gasteiger partial charge in [0.25, 0.3) is 0 Å². The molecule has 1 aliphatic rings. The van der Waals surface area contributed by atoms with Gasteiger partial charge in [-0.15, -0.1) is 0 Å². The van der Waals surface area contributed by atoms with Gasteiger partial charge in [-0.2, -0.15) is 0 Å². The minimum absolute atomic E-state index is 0.0235. The summed E-state index contributed by atoms with van der Waals surface area (Å²) in [5, 5.41) is 9.19. The zero-order valence-electron chi connectivity index (χ0n) is 8.63. The highest BCUT2D eigenvalue weighted by Crippen LogP contribution is 2.22. The Bertz CT molecular complexity index is 251. The van der Waals surface area contributed by atoms with E-state index in [0.29, 0.717) is 0 Å². The zero-order valence-corrected chi connectivity index (χ0v) is 8.63. The molecule has 0 aromatic heterocycles. The number of carbonyl (C=O) groups is 2. The van der Waals surface area contributed by atoms with E-state index in [1.54, 1.807) is 0 Å². The molecule has 0 spiro atoms. The summed E-state index contributed by atoms with van der Waals surface area (Å²) in [5.74, 6) is -0.896. The first-order chi connectivity index (χ1) is 6.99. The SMILES string of the molecule is CC(=O)OC[C@H]1O[C@H](O)C[C@H]1OC(C)=O. The van der Waals surface area contributed by atoms with Crippen LogP contribution >= 0.6 is 0 Å². The van der Waals surface area contributed by atoms with E-state index in [-0.39, 0.29) is 13.0 Å². The van der Waals surface area contributed by atoms with E-state index in [2.05, 4.69) is 0 Å². The standard InChI is InChI=1S/C9H14O6/c1-5(10)13-4-8-7(14-6(2)11)3-9(12)15-8/h7-9,12H,3-4H2,1-2H3/t7-,8-,9+/m1/s1. The summed E-state index contributed by atoms with van der Waals surface area (Å²) in [5.41, 5.74) is 0. The van der Waals surface area contributed by atoms with E-state index in [0.717, 1.165) is 0 Å². The number of rotatable bonds is 3. The third-order valence-electron chi connectivity index (χ3n) is 1.95. The van der Waals surface area contributed by atoms with Crippen molar-refractivity contribution in [3.8, 4) is 0 Å². The van der Waals surface area contributed by atoms with Crippen molar-refractivity contribution >= 4 is 11.9 Å². The molecular formula is C9H14O6. The number of esters is 2. The fourth-order valence-corrected chi connectivity index (χ4v) is 1.38. The highest BCUT2D eigenvalue weighted by molar-refractivity contribution is 5.66. The first-order valence-corrected chi connectivity index (χ1v) is 4.63. The maximum atomic E-state index is 10.7. The average Bonchev–Trinajstić information content (AvgIpc) is 2.41. The molecule has 0 amide bonds. The van der Waals surface area contributed by atoms with E-state index in [9.17, 15) is 14.7 Å². The molecule has 0 aliphatic carbocycles. The second-order valence-electron chi connectivity index (χ2n) is 3.32. The van der Waals surface area contributed by atoms with Gasteiger partial charge in [0, 0.05) is 20.3 Å². The zero-order chi connectivity index (χ0) is 11.4. The molecule has 3 atom stereocenters. The van der Waals surface area contributed by atoms with Gasteiger partial charge in [0.05, 0.1) is 0 Å². The summed E-state index contributed by atoms with van der Waals surface area (Å²) in [7, 11) is 0. The minimum atomic E-state index is -0.977. The maximum Gasteiger partial charge on any atom is 0.303 e. The van der Waals surface area contributed by atoms with Gasteiger partial charge in [-0.1, -0.05) is 0 Å². The lowest BCUT2D eigenvalue weighted by molar-refractivity contribution is -0.159. The second kappa shape index (κ2) is 5.09. The number of hydrogen-bond acceptors (Lipinski definition) is 6. The summed E-state index contributed by atoms with van der Waals surface area (Å²) in [6, 6.07) is 0. The van der Waals surface area contributed by atoms with Gasteiger partial charge in [0.1, 0.15) is 18.8 Å². The molecule has 1 saturated heterocycles. The second-order valence-corrected chi connectivity index (χ2v) is 3.32. The van der Waals surface area contributed by atoms with Gasteiger partial charge >= 0.3 is 11.9 Å². The molecule has 6 nitrogen and oxygen atoms in total. The molecule has 1 fully saturated rings. The summed E-state index contributed by atoms with van der Waals surface area (Å²) < 4.78 is 14.7. The van der Waals surface area contributed by atoms with Crippen LogP contribution in [-0.4, -0.2) is 42.1 Å². The lowest BCUT2D eigenvalue weighted by Gasteiger charge is -2.17. The largest absolute Gasteiger partial charge is 0.463 e. The number of ether oxygens (including phenoxy) is 3. The van der Waals surface area contributed by atoms with Gasteiger partial charge in [-0.25, -0.2) is 0 Å². The predicted octanol–water partition coefficient (Wildman–Crippen LogP) is -0.412. The quantitative estimate of drug-likeness (QED) is 0.648. The van der Waals surface area contributed by atoms with Crippen LogP contribution in [0.15, 0.2) is 0 Å². The van der Waals surface area contributed by atoms with Crippen LogP contribution in [0.25, 0.3) is 0 Å².